The number of aromatic amines is 1. The highest BCUT2D eigenvalue weighted by Crippen LogP contribution is 2.28. The Morgan fingerprint density at radius 3 is 2.49 bits per heavy atom. The Kier molecular flexibility index (Phi) is 7.07. The van der Waals surface area contributed by atoms with Crippen LogP contribution in [-0.2, 0) is 19.4 Å². The predicted molar refractivity (Wildman–Crippen MR) is 145 cm³/mol. The average molecular weight is 494 g/mol. The van der Waals surface area contributed by atoms with Crippen molar-refractivity contribution in [1.82, 2.24) is 34.7 Å². The van der Waals surface area contributed by atoms with Crippen LogP contribution in [0.25, 0.3) is 28.3 Å². The molecule has 0 spiro atoms. The highest BCUT2D eigenvalue weighted by molar-refractivity contribution is 5.76. The number of aryl methyl sites for hydroxylation is 3. The van der Waals surface area contributed by atoms with Gasteiger partial charge in [-0.2, -0.15) is 5.21 Å². The Balaban J connectivity index is 1.49. The average Bonchev–Trinajstić information content (AvgIpc) is 3.55. The number of rotatable bonds is 9. The van der Waals surface area contributed by atoms with Gasteiger partial charge in [-0.1, -0.05) is 69.2 Å². The molecule has 2 aromatic carbocycles. The van der Waals surface area contributed by atoms with Gasteiger partial charge in [-0.25, -0.2) is 4.79 Å². The molecule has 3 aromatic heterocycles. The Hall–Kier alpha value is -4.33. The van der Waals surface area contributed by atoms with E-state index in [-0.39, 0.29) is 5.69 Å². The van der Waals surface area contributed by atoms with Gasteiger partial charge in [-0.3, -0.25) is 14.1 Å². The lowest BCUT2D eigenvalue weighted by Gasteiger charge is -2.12. The Morgan fingerprint density at radius 2 is 1.76 bits per heavy atom. The summed E-state index contributed by atoms with van der Waals surface area (Å²) in [6, 6.07) is 18.2. The van der Waals surface area contributed by atoms with E-state index in [0.29, 0.717) is 12.4 Å². The van der Waals surface area contributed by atoms with Crippen LogP contribution < -0.4 is 5.69 Å². The van der Waals surface area contributed by atoms with Crippen molar-refractivity contribution in [3.05, 3.63) is 99.9 Å². The quantitative estimate of drug-likeness (QED) is 0.307. The first-order valence-corrected chi connectivity index (χ1v) is 12.8. The van der Waals surface area contributed by atoms with E-state index in [1.807, 2.05) is 39.6 Å². The van der Waals surface area contributed by atoms with E-state index in [4.69, 9.17) is 0 Å². The van der Waals surface area contributed by atoms with Crippen LogP contribution in [0.4, 0.5) is 0 Å². The van der Waals surface area contributed by atoms with Crippen LogP contribution in [0, 0.1) is 6.92 Å². The number of nitrogens with one attached hydrogen (secondary N) is 1. The van der Waals surface area contributed by atoms with Gasteiger partial charge < -0.3 is 0 Å². The highest BCUT2D eigenvalue weighted by Gasteiger charge is 2.17. The Bertz CT molecular complexity index is 1550. The molecule has 0 aliphatic heterocycles. The van der Waals surface area contributed by atoms with E-state index in [1.165, 1.54) is 5.56 Å². The van der Waals surface area contributed by atoms with Gasteiger partial charge in [0, 0.05) is 29.2 Å². The number of para-hydroxylation sites is 1. The normalized spacial score (nSPS) is 11.2. The molecule has 0 aliphatic carbocycles. The van der Waals surface area contributed by atoms with Crippen molar-refractivity contribution in [2.45, 2.75) is 53.0 Å². The third-order valence-corrected chi connectivity index (χ3v) is 6.61. The molecule has 0 bridgehead atoms. The number of H-pyrrole nitrogens is 1. The van der Waals surface area contributed by atoms with E-state index in [9.17, 15) is 4.79 Å². The summed E-state index contributed by atoms with van der Waals surface area (Å²) in [5.41, 5.74) is 7.99. The second-order valence-corrected chi connectivity index (χ2v) is 9.27. The molecule has 0 unspecified atom stereocenters. The molecule has 1 N–H and O–H groups in total. The number of nitrogens with zero attached hydrogens (tertiary/aromatic N) is 6. The second kappa shape index (κ2) is 10.7. The number of aromatic nitrogens is 7. The molecule has 0 radical (unpaired) electrons. The first kappa shape index (κ1) is 24.4. The molecule has 188 valence electrons. The van der Waals surface area contributed by atoms with Crippen LogP contribution >= 0.6 is 0 Å². The molecule has 0 aliphatic rings. The number of tetrazole rings is 1. The van der Waals surface area contributed by atoms with Crippen molar-refractivity contribution in [2.24, 2.45) is 0 Å². The topological polar surface area (TPSA) is 94.3 Å². The SMILES string of the molecule is CCCc1cccc(C)c1-n1cc(CCC)n(Cc2ccc(-c3ncccc3-c3nn[nH]n3)cc2)c1=O. The molecule has 8 heteroatoms. The molecule has 0 saturated heterocycles. The second-order valence-electron chi connectivity index (χ2n) is 9.27. The van der Waals surface area contributed by atoms with Crippen LogP contribution in [0.3, 0.4) is 0 Å². The minimum absolute atomic E-state index is 0.00305. The summed E-state index contributed by atoms with van der Waals surface area (Å²) in [5.74, 6) is 0.503. The summed E-state index contributed by atoms with van der Waals surface area (Å²) >= 11 is 0. The Labute approximate surface area is 216 Å². The zero-order valence-corrected chi connectivity index (χ0v) is 21.5. The zero-order chi connectivity index (χ0) is 25.8. The van der Waals surface area contributed by atoms with E-state index in [1.54, 1.807) is 6.20 Å². The van der Waals surface area contributed by atoms with E-state index >= 15 is 0 Å². The lowest BCUT2D eigenvalue weighted by Crippen LogP contribution is -2.25. The van der Waals surface area contributed by atoms with Crippen LogP contribution in [0.1, 0.15) is 49.1 Å². The lowest BCUT2D eigenvalue weighted by atomic mass is 10.0. The number of hydrogen-bond donors (Lipinski definition) is 1. The van der Waals surface area contributed by atoms with E-state index < -0.39 is 0 Å². The van der Waals surface area contributed by atoms with Crippen LogP contribution in [-0.4, -0.2) is 34.7 Å². The van der Waals surface area contributed by atoms with Crippen LogP contribution in [0.2, 0.25) is 0 Å². The lowest BCUT2D eigenvalue weighted by molar-refractivity contribution is 0.690. The third kappa shape index (κ3) is 4.87. The Morgan fingerprint density at radius 1 is 0.946 bits per heavy atom. The van der Waals surface area contributed by atoms with Gasteiger partial charge >= 0.3 is 5.69 Å². The van der Waals surface area contributed by atoms with Gasteiger partial charge in [-0.05, 0) is 53.8 Å². The molecule has 8 nitrogen and oxygen atoms in total. The van der Waals surface area contributed by atoms with E-state index in [0.717, 1.165) is 65.0 Å². The molecule has 0 saturated carbocycles. The molecular formula is C29H31N7O. The first-order valence-electron chi connectivity index (χ1n) is 12.8. The molecule has 0 amide bonds. The summed E-state index contributed by atoms with van der Waals surface area (Å²) in [6.07, 6.45) is 7.58. The van der Waals surface area contributed by atoms with Crippen molar-refractivity contribution in [3.8, 4) is 28.3 Å². The van der Waals surface area contributed by atoms with Crippen molar-refractivity contribution in [2.75, 3.05) is 0 Å². The maximum Gasteiger partial charge on any atom is 0.333 e. The number of imidazole rings is 1. The molecule has 0 atom stereocenters. The highest BCUT2D eigenvalue weighted by atomic mass is 16.1. The van der Waals surface area contributed by atoms with Crippen molar-refractivity contribution in [3.63, 3.8) is 0 Å². The largest absolute Gasteiger partial charge is 0.333 e. The maximum atomic E-state index is 13.7. The van der Waals surface area contributed by atoms with Gasteiger partial charge in [-0.15, -0.1) is 10.2 Å². The minimum atomic E-state index is 0.00305. The fraction of sp³-hybridized carbons (Fsp3) is 0.276. The molecule has 5 rings (SSSR count). The standard InChI is InChI=1S/C29H31N7O/c1-4-8-23-11-6-10-20(3)27(23)36-19-24(9-5-2)35(29(36)37)18-21-13-15-22(16-14-21)26-25(12-7-17-30-26)28-31-33-34-32-28/h6-7,10-17,19H,4-5,8-9,18H2,1-3H3,(H,31,32,33,34). The van der Waals surface area contributed by atoms with Crippen LogP contribution in [0.5, 0.6) is 0 Å². The monoisotopic (exact) mass is 493 g/mol. The molecular weight excluding hydrogens is 462 g/mol. The fourth-order valence-electron chi connectivity index (χ4n) is 4.89. The molecule has 5 aromatic rings. The zero-order valence-electron chi connectivity index (χ0n) is 21.5. The van der Waals surface area contributed by atoms with Crippen molar-refractivity contribution >= 4 is 0 Å². The van der Waals surface area contributed by atoms with Gasteiger partial charge in [0.1, 0.15) is 0 Å². The number of pyridine rings is 1. The van der Waals surface area contributed by atoms with Gasteiger partial charge in [0.15, 0.2) is 0 Å². The summed E-state index contributed by atoms with van der Waals surface area (Å²) < 4.78 is 3.76. The van der Waals surface area contributed by atoms with Crippen molar-refractivity contribution in [1.29, 1.82) is 0 Å². The van der Waals surface area contributed by atoms with Crippen LogP contribution in [0.15, 0.2) is 71.8 Å². The van der Waals surface area contributed by atoms with Gasteiger partial charge in [0.05, 0.1) is 17.9 Å². The maximum absolute atomic E-state index is 13.7. The third-order valence-electron chi connectivity index (χ3n) is 6.61. The summed E-state index contributed by atoms with van der Waals surface area (Å²) in [6.45, 7) is 6.90. The fourth-order valence-corrected chi connectivity index (χ4v) is 4.89. The van der Waals surface area contributed by atoms with Gasteiger partial charge in [0.2, 0.25) is 5.82 Å². The summed E-state index contributed by atoms with van der Waals surface area (Å²) in [4.78, 5) is 18.3. The van der Waals surface area contributed by atoms with Gasteiger partial charge in [0.25, 0.3) is 0 Å². The number of benzene rings is 2. The first-order chi connectivity index (χ1) is 18.1. The van der Waals surface area contributed by atoms with Crippen molar-refractivity contribution < 1.29 is 0 Å². The smallest absolute Gasteiger partial charge is 0.292 e. The molecule has 3 heterocycles. The summed E-state index contributed by atoms with van der Waals surface area (Å²) in [5, 5.41) is 14.4. The molecule has 37 heavy (non-hydrogen) atoms. The van der Waals surface area contributed by atoms with E-state index in [2.05, 4.69) is 76.7 Å². The minimum Gasteiger partial charge on any atom is -0.292 e. The predicted octanol–water partition coefficient (Wildman–Crippen LogP) is 5.14. The summed E-state index contributed by atoms with van der Waals surface area (Å²) in [7, 11) is 0. The number of hydrogen-bond acceptors (Lipinski definition) is 5. The molecule has 0 fully saturated rings.